The van der Waals surface area contributed by atoms with Crippen LogP contribution < -0.4 is 19.5 Å². The topological polar surface area (TPSA) is 106 Å². The Morgan fingerprint density at radius 1 is 0.745 bits per heavy atom. The van der Waals surface area contributed by atoms with Gasteiger partial charge in [-0.1, -0.05) is 59.8 Å². The Labute approximate surface area is 275 Å². The van der Waals surface area contributed by atoms with Crippen LogP contribution in [0.3, 0.4) is 0 Å². The van der Waals surface area contributed by atoms with E-state index >= 15 is 0 Å². The predicted octanol–water partition coefficient (Wildman–Crippen LogP) is 6.36. The summed E-state index contributed by atoms with van der Waals surface area (Å²) in [5.74, 6) is 1.57. The zero-order valence-electron chi connectivity index (χ0n) is 26.9. The number of carbonyl (C=O) groups is 1. The first-order valence-corrected chi connectivity index (χ1v) is 15.5. The number of nitrogens with zero attached hydrogens (tertiary/aromatic N) is 3. The highest BCUT2D eigenvalue weighted by Gasteiger charge is 2.39. The monoisotopic (exact) mass is 636 g/mol. The van der Waals surface area contributed by atoms with Crippen molar-refractivity contribution in [1.82, 2.24) is 15.0 Å². The van der Waals surface area contributed by atoms with Gasteiger partial charge in [-0.3, -0.25) is 4.68 Å². The fraction of sp³-hybridized carbons (Fsp3) is 0.270. The molecule has 0 radical (unpaired) electrons. The van der Waals surface area contributed by atoms with E-state index < -0.39 is 11.5 Å². The van der Waals surface area contributed by atoms with Crippen molar-refractivity contribution in [2.24, 2.45) is 0 Å². The fourth-order valence-electron chi connectivity index (χ4n) is 5.28. The number of anilines is 1. The van der Waals surface area contributed by atoms with Crippen molar-refractivity contribution in [3.8, 4) is 17.2 Å². The number of para-hydroxylation sites is 2. The molecule has 0 fully saturated rings. The van der Waals surface area contributed by atoms with Crippen LogP contribution in [0.5, 0.6) is 17.2 Å². The standard InChI is InChI=1S/C37H40N4O6/c1-43-25-26-47-36(42)33-13-7-8-14-34(33)46-24-10-9-23-41-27-35(39-40-41)37(38-30-11-5-4-6-12-30,28-15-19-31(44-2)20-16-28)29-17-21-32(45-3)22-18-29/h4-8,11-22,27,38H,9-10,23-26H2,1-3H3. The molecule has 244 valence electrons. The van der Waals surface area contributed by atoms with Crippen LogP contribution in [0.15, 0.2) is 109 Å². The van der Waals surface area contributed by atoms with Gasteiger partial charge in [0.25, 0.3) is 0 Å². The summed E-state index contributed by atoms with van der Waals surface area (Å²) in [6.07, 6.45) is 3.51. The minimum atomic E-state index is -0.886. The quantitative estimate of drug-likeness (QED) is 0.0922. The van der Waals surface area contributed by atoms with E-state index in [0.29, 0.717) is 31.1 Å². The maximum atomic E-state index is 12.5. The Balaban J connectivity index is 1.35. The van der Waals surface area contributed by atoms with Crippen LogP contribution in [0.2, 0.25) is 0 Å². The molecule has 0 amide bonds. The summed E-state index contributed by atoms with van der Waals surface area (Å²) in [7, 11) is 4.87. The molecule has 4 aromatic carbocycles. The average molecular weight is 637 g/mol. The van der Waals surface area contributed by atoms with Crippen LogP contribution in [0, 0.1) is 0 Å². The molecule has 0 saturated carbocycles. The normalized spacial score (nSPS) is 11.1. The van der Waals surface area contributed by atoms with Crippen LogP contribution in [-0.2, 0) is 21.6 Å². The number of aromatic nitrogens is 3. The second-order valence-corrected chi connectivity index (χ2v) is 10.7. The maximum Gasteiger partial charge on any atom is 0.342 e. The molecular formula is C37H40N4O6. The molecule has 5 rings (SSSR count). The van der Waals surface area contributed by atoms with Crippen molar-refractivity contribution < 1.29 is 28.5 Å². The SMILES string of the molecule is COCCOC(=O)c1ccccc1OCCCCn1cc(C(Nc2ccccc2)(c2ccc(OC)cc2)c2ccc(OC)cc2)nn1. The van der Waals surface area contributed by atoms with Crippen molar-refractivity contribution >= 4 is 11.7 Å². The molecule has 47 heavy (non-hydrogen) atoms. The van der Waals surface area contributed by atoms with Gasteiger partial charge in [0.15, 0.2) is 0 Å². The Kier molecular flexibility index (Phi) is 11.4. The third-order valence-electron chi connectivity index (χ3n) is 7.74. The lowest BCUT2D eigenvalue weighted by atomic mass is 9.79. The lowest BCUT2D eigenvalue weighted by Crippen LogP contribution is -2.38. The summed E-state index contributed by atoms with van der Waals surface area (Å²) < 4.78 is 29.0. The molecule has 0 aliphatic rings. The zero-order valence-corrected chi connectivity index (χ0v) is 26.9. The number of hydrogen-bond donors (Lipinski definition) is 1. The molecule has 0 spiro atoms. The molecule has 10 nitrogen and oxygen atoms in total. The Morgan fingerprint density at radius 3 is 2.02 bits per heavy atom. The second kappa shape index (κ2) is 16.3. The van der Waals surface area contributed by atoms with Crippen molar-refractivity contribution in [1.29, 1.82) is 0 Å². The average Bonchev–Trinajstić information content (AvgIpc) is 3.60. The van der Waals surface area contributed by atoms with Crippen LogP contribution in [0.4, 0.5) is 5.69 Å². The van der Waals surface area contributed by atoms with Crippen LogP contribution in [-0.4, -0.2) is 62.1 Å². The van der Waals surface area contributed by atoms with Gasteiger partial charge in [0.2, 0.25) is 0 Å². The summed E-state index contributed by atoms with van der Waals surface area (Å²) in [6.45, 7) is 1.58. The van der Waals surface area contributed by atoms with Gasteiger partial charge in [0.1, 0.15) is 40.7 Å². The summed E-state index contributed by atoms with van der Waals surface area (Å²) in [4.78, 5) is 12.5. The smallest absolute Gasteiger partial charge is 0.342 e. The first kappa shape index (κ1) is 33.0. The van der Waals surface area contributed by atoms with Crippen LogP contribution in [0.25, 0.3) is 0 Å². The van der Waals surface area contributed by atoms with E-state index in [1.54, 1.807) is 39.5 Å². The first-order chi connectivity index (χ1) is 23.1. The highest BCUT2D eigenvalue weighted by atomic mass is 16.6. The van der Waals surface area contributed by atoms with E-state index in [0.717, 1.165) is 46.8 Å². The highest BCUT2D eigenvalue weighted by molar-refractivity contribution is 5.92. The summed E-state index contributed by atoms with van der Waals surface area (Å²) >= 11 is 0. The number of aryl methyl sites for hydroxylation is 1. The van der Waals surface area contributed by atoms with E-state index in [4.69, 9.17) is 28.8 Å². The molecule has 1 heterocycles. The van der Waals surface area contributed by atoms with E-state index in [1.165, 1.54) is 0 Å². The van der Waals surface area contributed by atoms with Gasteiger partial charge in [-0.05, 0) is 72.5 Å². The minimum Gasteiger partial charge on any atom is -0.497 e. The largest absolute Gasteiger partial charge is 0.497 e. The van der Waals surface area contributed by atoms with Crippen LogP contribution >= 0.6 is 0 Å². The van der Waals surface area contributed by atoms with Gasteiger partial charge >= 0.3 is 5.97 Å². The lowest BCUT2D eigenvalue weighted by Gasteiger charge is -2.35. The zero-order chi connectivity index (χ0) is 32.9. The number of esters is 1. The van der Waals surface area contributed by atoms with Crippen molar-refractivity contribution in [3.05, 3.63) is 132 Å². The Morgan fingerprint density at radius 2 is 1.38 bits per heavy atom. The van der Waals surface area contributed by atoms with Gasteiger partial charge in [-0.2, -0.15) is 0 Å². The van der Waals surface area contributed by atoms with Gasteiger partial charge in [-0.25, -0.2) is 4.79 Å². The molecule has 0 saturated heterocycles. The molecule has 0 aliphatic carbocycles. The molecular weight excluding hydrogens is 596 g/mol. The fourth-order valence-corrected chi connectivity index (χ4v) is 5.28. The van der Waals surface area contributed by atoms with E-state index in [1.807, 2.05) is 95.8 Å². The molecule has 1 aromatic heterocycles. The van der Waals surface area contributed by atoms with E-state index in [-0.39, 0.29) is 6.61 Å². The predicted molar refractivity (Wildman–Crippen MR) is 179 cm³/mol. The van der Waals surface area contributed by atoms with E-state index in [2.05, 4.69) is 10.5 Å². The number of ether oxygens (including phenoxy) is 5. The van der Waals surface area contributed by atoms with Gasteiger partial charge in [-0.15, -0.1) is 5.10 Å². The van der Waals surface area contributed by atoms with Crippen LogP contribution in [0.1, 0.15) is 40.0 Å². The number of methoxy groups -OCH3 is 3. The molecule has 10 heteroatoms. The number of hydrogen-bond acceptors (Lipinski definition) is 9. The number of rotatable bonds is 17. The van der Waals surface area contributed by atoms with Gasteiger partial charge in [0.05, 0.1) is 33.6 Å². The van der Waals surface area contributed by atoms with Gasteiger partial charge < -0.3 is 29.0 Å². The van der Waals surface area contributed by atoms with Gasteiger partial charge in [0, 0.05) is 19.3 Å². The number of unbranched alkanes of at least 4 members (excludes halogenated alkanes) is 1. The van der Waals surface area contributed by atoms with Crippen molar-refractivity contribution in [2.75, 3.05) is 46.5 Å². The third-order valence-corrected chi connectivity index (χ3v) is 7.74. The number of benzene rings is 4. The van der Waals surface area contributed by atoms with Crippen molar-refractivity contribution in [3.63, 3.8) is 0 Å². The first-order valence-electron chi connectivity index (χ1n) is 15.5. The molecule has 0 unspecified atom stereocenters. The molecule has 0 aliphatic heterocycles. The summed E-state index contributed by atoms with van der Waals surface area (Å²) in [5, 5.41) is 13.1. The molecule has 0 bridgehead atoms. The summed E-state index contributed by atoms with van der Waals surface area (Å²) in [6, 6.07) is 33.1. The number of carbonyl (C=O) groups excluding carboxylic acids is 1. The molecule has 1 N–H and O–H groups in total. The maximum absolute atomic E-state index is 12.5. The van der Waals surface area contributed by atoms with E-state index in [9.17, 15) is 4.79 Å². The number of nitrogens with one attached hydrogen (secondary N) is 1. The minimum absolute atomic E-state index is 0.183. The Bertz CT molecular complexity index is 1640. The third kappa shape index (κ3) is 8.09. The Hall–Kier alpha value is -5.35. The molecule has 0 atom stereocenters. The summed E-state index contributed by atoms with van der Waals surface area (Å²) in [5.41, 5.74) is 3.09. The lowest BCUT2D eigenvalue weighted by molar-refractivity contribution is 0.0384. The second-order valence-electron chi connectivity index (χ2n) is 10.7. The highest BCUT2D eigenvalue weighted by Crippen LogP contribution is 2.40. The van der Waals surface area contributed by atoms with Crippen molar-refractivity contribution in [2.45, 2.75) is 24.9 Å². The molecule has 5 aromatic rings.